The third-order valence-corrected chi connectivity index (χ3v) is 6.45. The highest BCUT2D eigenvalue weighted by Crippen LogP contribution is 2.22. The summed E-state index contributed by atoms with van der Waals surface area (Å²) >= 11 is 5.98. The minimum atomic E-state index is -3.14. The maximum Gasteiger partial charge on any atom is 0.262 e. The van der Waals surface area contributed by atoms with Crippen LogP contribution in [0.2, 0.25) is 5.02 Å². The Hall–Kier alpha value is -2.29. The predicted octanol–water partition coefficient (Wildman–Crippen LogP) is 2.75. The highest BCUT2D eigenvalue weighted by atomic mass is 35.5. The molecule has 1 saturated heterocycles. The van der Waals surface area contributed by atoms with E-state index < -0.39 is 10.0 Å². The van der Waals surface area contributed by atoms with Gasteiger partial charge in [0.2, 0.25) is 10.0 Å². The maximum atomic E-state index is 12.1. The van der Waals surface area contributed by atoms with Gasteiger partial charge in [-0.25, -0.2) is 8.42 Å². The van der Waals surface area contributed by atoms with Crippen LogP contribution in [0.1, 0.15) is 5.56 Å². The number of anilines is 2. The third-order valence-electron chi connectivity index (χ3n) is 4.72. The van der Waals surface area contributed by atoms with Gasteiger partial charge in [0.25, 0.3) is 5.91 Å². The minimum Gasteiger partial charge on any atom is -0.484 e. The smallest absolute Gasteiger partial charge is 0.262 e. The number of benzene rings is 2. The van der Waals surface area contributed by atoms with Gasteiger partial charge in [-0.2, -0.15) is 4.31 Å². The third kappa shape index (κ3) is 5.85. The molecule has 0 atom stereocenters. The highest BCUT2D eigenvalue weighted by molar-refractivity contribution is 7.88. The van der Waals surface area contributed by atoms with Crippen LogP contribution in [0.25, 0.3) is 0 Å². The Balaban J connectivity index is 1.50. The summed E-state index contributed by atoms with van der Waals surface area (Å²) in [5.74, 6) is 0.331. The van der Waals surface area contributed by atoms with Crippen molar-refractivity contribution >= 4 is 38.9 Å². The van der Waals surface area contributed by atoms with Crippen LogP contribution < -0.4 is 15.0 Å². The van der Waals surface area contributed by atoms with Gasteiger partial charge in [-0.05, 0) is 55.0 Å². The van der Waals surface area contributed by atoms with E-state index in [4.69, 9.17) is 16.3 Å². The molecule has 9 heteroatoms. The summed E-state index contributed by atoms with van der Waals surface area (Å²) in [7, 11) is -3.14. The largest absolute Gasteiger partial charge is 0.484 e. The molecule has 3 rings (SSSR count). The Morgan fingerprint density at radius 1 is 1.10 bits per heavy atom. The lowest BCUT2D eigenvalue weighted by molar-refractivity contribution is -0.118. The molecule has 1 N–H and O–H groups in total. The van der Waals surface area contributed by atoms with Crippen LogP contribution in [0.4, 0.5) is 11.4 Å². The van der Waals surface area contributed by atoms with Crippen LogP contribution in [0.5, 0.6) is 5.75 Å². The number of rotatable bonds is 6. The van der Waals surface area contributed by atoms with Crippen LogP contribution in [0.15, 0.2) is 42.5 Å². The Morgan fingerprint density at radius 2 is 1.76 bits per heavy atom. The Bertz CT molecular complexity index is 972. The van der Waals surface area contributed by atoms with E-state index in [1.165, 1.54) is 10.6 Å². The zero-order valence-corrected chi connectivity index (χ0v) is 18.0. The molecule has 156 valence electrons. The Labute approximate surface area is 176 Å². The van der Waals surface area contributed by atoms with Crippen molar-refractivity contribution in [2.24, 2.45) is 0 Å². The van der Waals surface area contributed by atoms with Crippen molar-refractivity contribution in [3.05, 3.63) is 53.1 Å². The molecule has 0 aliphatic carbocycles. The van der Waals surface area contributed by atoms with Crippen molar-refractivity contribution in [2.45, 2.75) is 6.92 Å². The van der Waals surface area contributed by atoms with Crippen molar-refractivity contribution in [3.8, 4) is 5.75 Å². The van der Waals surface area contributed by atoms with Crippen molar-refractivity contribution in [2.75, 3.05) is 49.3 Å². The fraction of sp³-hybridized carbons (Fsp3) is 0.350. The fourth-order valence-electron chi connectivity index (χ4n) is 3.09. The number of nitrogens with one attached hydrogen (secondary N) is 1. The van der Waals surface area contributed by atoms with Crippen LogP contribution >= 0.6 is 11.6 Å². The molecule has 0 radical (unpaired) electrons. The van der Waals surface area contributed by atoms with Crippen LogP contribution in [0.3, 0.4) is 0 Å². The molecule has 29 heavy (non-hydrogen) atoms. The second kappa shape index (κ2) is 9.02. The topological polar surface area (TPSA) is 79.0 Å². The normalized spacial score (nSPS) is 15.2. The van der Waals surface area contributed by atoms with E-state index in [1.807, 2.05) is 31.2 Å². The molecule has 7 nitrogen and oxygen atoms in total. The van der Waals surface area contributed by atoms with Gasteiger partial charge < -0.3 is 15.0 Å². The predicted molar refractivity (Wildman–Crippen MR) is 115 cm³/mol. The number of halogens is 1. The van der Waals surface area contributed by atoms with E-state index in [-0.39, 0.29) is 12.5 Å². The quantitative estimate of drug-likeness (QED) is 0.751. The lowest BCUT2D eigenvalue weighted by Crippen LogP contribution is -2.48. The SMILES string of the molecule is Cc1cc(OCC(=O)Nc2ccc(N3CCN(S(C)(=O)=O)CC3)cc2)ccc1Cl. The fourth-order valence-corrected chi connectivity index (χ4v) is 4.03. The Morgan fingerprint density at radius 3 is 2.34 bits per heavy atom. The zero-order valence-electron chi connectivity index (χ0n) is 16.4. The molecule has 0 unspecified atom stereocenters. The number of sulfonamides is 1. The standard InChI is InChI=1S/C20H24ClN3O4S/c1-15-13-18(7-8-19(15)21)28-14-20(25)22-16-3-5-17(6-4-16)23-9-11-24(12-10-23)29(2,26)27/h3-8,13H,9-12,14H2,1-2H3,(H,22,25). The number of hydrogen-bond donors (Lipinski definition) is 1. The number of amides is 1. The molecule has 2 aromatic carbocycles. The first-order valence-electron chi connectivity index (χ1n) is 9.21. The number of hydrogen-bond acceptors (Lipinski definition) is 5. The molecule has 1 amide bonds. The number of nitrogens with zero attached hydrogens (tertiary/aromatic N) is 2. The van der Waals surface area contributed by atoms with Gasteiger partial charge in [0.05, 0.1) is 6.26 Å². The second-order valence-electron chi connectivity index (χ2n) is 6.94. The summed E-state index contributed by atoms with van der Waals surface area (Å²) in [6, 6.07) is 12.7. The molecule has 1 aliphatic heterocycles. The summed E-state index contributed by atoms with van der Waals surface area (Å²) in [5, 5.41) is 3.45. The van der Waals surface area contributed by atoms with E-state index in [1.54, 1.807) is 18.2 Å². The molecule has 0 saturated carbocycles. The molecule has 0 bridgehead atoms. The van der Waals surface area contributed by atoms with E-state index in [9.17, 15) is 13.2 Å². The summed E-state index contributed by atoms with van der Waals surface area (Å²) in [4.78, 5) is 14.2. The van der Waals surface area contributed by atoms with Crippen LogP contribution in [-0.4, -0.2) is 57.7 Å². The van der Waals surface area contributed by atoms with Crippen LogP contribution in [-0.2, 0) is 14.8 Å². The summed E-state index contributed by atoms with van der Waals surface area (Å²) in [6.45, 7) is 3.98. The van der Waals surface area contributed by atoms with Crippen molar-refractivity contribution < 1.29 is 17.9 Å². The first-order chi connectivity index (χ1) is 13.7. The lowest BCUT2D eigenvalue weighted by Gasteiger charge is -2.34. The number of aryl methyl sites for hydroxylation is 1. The molecule has 1 heterocycles. The van der Waals surface area contributed by atoms with Gasteiger partial charge in [0, 0.05) is 42.6 Å². The number of carbonyl (C=O) groups excluding carboxylic acids is 1. The van der Waals surface area contributed by atoms with Crippen LogP contribution in [0, 0.1) is 6.92 Å². The second-order valence-corrected chi connectivity index (χ2v) is 9.33. The number of ether oxygens (including phenoxy) is 1. The number of carbonyl (C=O) groups is 1. The maximum absolute atomic E-state index is 12.1. The van der Waals surface area contributed by atoms with E-state index >= 15 is 0 Å². The molecule has 0 aromatic heterocycles. The minimum absolute atomic E-state index is 0.101. The molecular formula is C20H24ClN3O4S. The zero-order chi connectivity index (χ0) is 21.0. The van der Waals surface area contributed by atoms with Gasteiger partial charge >= 0.3 is 0 Å². The van der Waals surface area contributed by atoms with Gasteiger partial charge in [-0.3, -0.25) is 4.79 Å². The van der Waals surface area contributed by atoms with Crippen molar-refractivity contribution in [3.63, 3.8) is 0 Å². The lowest BCUT2D eigenvalue weighted by atomic mass is 10.2. The van der Waals surface area contributed by atoms with Gasteiger partial charge in [0.1, 0.15) is 5.75 Å². The Kier molecular flexibility index (Phi) is 6.66. The number of piperazine rings is 1. The van der Waals surface area contributed by atoms with Gasteiger partial charge in [-0.15, -0.1) is 0 Å². The van der Waals surface area contributed by atoms with E-state index in [2.05, 4.69) is 10.2 Å². The average molecular weight is 438 g/mol. The molecule has 0 spiro atoms. The van der Waals surface area contributed by atoms with Gasteiger partial charge in [0.15, 0.2) is 6.61 Å². The summed E-state index contributed by atoms with van der Waals surface area (Å²) in [5.41, 5.74) is 2.55. The van der Waals surface area contributed by atoms with Crippen molar-refractivity contribution in [1.82, 2.24) is 4.31 Å². The first-order valence-corrected chi connectivity index (χ1v) is 11.4. The summed E-state index contributed by atoms with van der Waals surface area (Å²) in [6.07, 6.45) is 1.23. The molecule has 1 aliphatic rings. The van der Waals surface area contributed by atoms with Crippen molar-refractivity contribution in [1.29, 1.82) is 0 Å². The monoisotopic (exact) mass is 437 g/mol. The van der Waals surface area contributed by atoms with Gasteiger partial charge in [-0.1, -0.05) is 11.6 Å². The average Bonchev–Trinajstić information content (AvgIpc) is 2.69. The molecule has 2 aromatic rings. The first kappa shape index (κ1) is 21.4. The molecule has 1 fully saturated rings. The highest BCUT2D eigenvalue weighted by Gasteiger charge is 2.23. The molecular weight excluding hydrogens is 414 g/mol. The summed E-state index contributed by atoms with van der Waals surface area (Å²) < 4.78 is 30.2. The van der Waals surface area contributed by atoms with E-state index in [0.29, 0.717) is 42.6 Å². The van der Waals surface area contributed by atoms with E-state index in [0.717, 1.165) is 11.3 Å².